The van der Waals surface area contributed by atoms with Gasteiger partial charge in [0.15, 0.2) is 0 Å². The van der Waals surface area contributed by atoms with Gasteiger partial charge in [-0.15, -0.1) is 0 Å². The van der Waals surface area contributed by atoms with E-state index in [-0.39, 0.29) is 22.7 Å². The van der Waals surface area contributed by atoms with E-state index in [0.29, 0.717) is 0 Å². The predicted octanol–water partition coefficient (Wildman–Crippen LogP) is 4.96. The largest absolute Gasteiger partial charge is 0.418 e. The predicted molar refractivity (Wildman–Crippen MR) is 75.8 cm³/mol. The lowest BCUT2D eigenvalue weighted by molar-refractivity contribution is -0.137. The molecule has 2 rings (SSSR count). The molecule has 1 aromatic carbocycles. The summed E-state index contributed by atoms with van der Waals surface area (Å²) in [5.74, 6) is 0. The Bertz CT molecular complexity index is 546. The van der Waals surface area contributed by atoms with Gasteiger partial charge in [-0.05, 0) is 49.3 Å². The standard InChI is InChI=1S/C16H19F3N2/c1-15(2)7-5-12(6-8-15)21-14-4-3-11(10-20)9-13(14)16(17,18)19/h3-4,9,12,21H,5-8H2,1-2H3. The molecule has 0 radical (unpaired) electrons. The topological polar surface area (TPSA) is 35.8 Å². The third kappa shape index (κ3) is 3.90. The van der Waals surface area contributed by atoms with E-state index in [0.717, 1.165) is 31.7 Å². The van der Waals surface area contributed by atoms with E-state index in [1.54, 1.807) is 6.07 Å². The first kappa shape index (κ1) is 15.7. The molecule has 5 heteroatoms. The van der Waals surface area contributed by atoms with Crippen molar-refractivity contribution in [1.82, 2.24) is 0 Å². The van der Waals surface area contributed by atoms with Crippen LogP contribution in [0.5, 0.6) is 0 Å². The Morgan fingerprint density at radius 1 is 1.24 bits per heavy atom. The lowest BCUT2D eigenvalue weighted by Gasteiger charge is -2.35. The fraction of sp³-hybridized carbons (Fsp3) is 0.562. The molecule has 1 fully saturated rings. The van der Waals surface area contributed by atoms with Crippen LogP contribution < -0.4 is 5.32 Å². The third-order valence-electron chi connectivity index (χ3n) is 4.15. The van der Waals surface area contributed by atoms with Gasteiger partial charge < -0.3 is 5.32 Å². The zero-order chi connectivity index (χ0) is 15.7. The molecule has 1 saturated carbocycles. The second-order valence-electron chi connectivity index (χ2n) is 6.45. The average Bonchev–Trinajstić information content (AvgIpc) is 2.40. The van der Waals surface area contributed by atoms with Crippen LogP contribution in [-0.2, 0) is 6.18 Å². The highest BCUT2D eigenvalue weighted by Gasteiger charge is 2.35. The molecule has 2 nitrogen and oxygen atoms in total. The molecule has 0 aromatic heterocycles. The summed E-state index contributed by atoms with van der Waals surface area (Å²) >= 11 is 0. The van der Waals surface area contributed by atoms with E-state index in [2.05, 4.69) is 19.2 Å². The van der Waals surface area contributed by atoms with Crippen molar-refractivity contribution in [2.45, 2.75) is 51.7 Å². The van der Waals surface area contributed by atoms with Crippen LogP contribution in [0.3, 0.4) is 0 Å². The van der Waals surface area contributed by atoms with Crippen LogP contribution >= 0.6 is 0 Å². The number of hydrogen-bond donors (Lipinski definition) is 1. The van der Waals surface area contributed by atoms with Crippen LogP contribution in [0.25, 0.3) is 0 Å². The van der Waals surface area contributed by atoms with Crippen LogP contribution in [0.15, 0.2) is 18.2 Å². The fourth-order valence-electron chi connectivity index (χ4n) is 2.74. The Balaban J connectivity index is 2.19. The molecule has 0 unspecified atom stereocenters. The van der Waals surface area contributed by atoms with Gasteiger partial charge in [-0.3, -0.25) is 0 Å². The van der Waals surface area contributed by atoms with E-state index in [4.69, 9.17) is 5.26 Å². The van der Waals surface area contributed by atoms with Crippen molar-refractivity contribution in [2.75, 3.05) is 5.32 Å². The van der Waals surface area contributed by atoms with Gasteiger partial charge in [0.1, 0.15) is 0 Å². The molecule has 0 heterocycles. The summed E-state index contributed by atoms with van der Waals surface area (Å²) in [4.78, 5) is 0. The van der Waals surface area contributed by atoms with Crippen molar-refractivity contribution in [1.29, 1.82) is 5.26 Å². The highest BCUT2D eigenvalue weighted by molar-refractivity contribution is 5.56. The molecular weight excluding hydrogens is 277 g/mol. The van der Waals surface area contributed by atoms with Crippen molar-refractivity contribution in [3.8, 4) is 6.07 Å². The Morgan fingerprint density at radius 3 is 2.38 bits per heavy atom. The number of alkyl halides is 3. The molecule has 1 aromatic rings. The normalized spacial score (nSPS) is 19.0. The number of halogens is 3. The number of rotatable bonds is 2. The molecule has 0 amide bonds. The first-order valence-corrected chi connectivity index (χ1v) is 7.09. The Kier molecular flexibility index (Phi) is 4.18. The van der Waals surface area contributed by atoms with Crippen LogP contribution in [0.4, 0.5) is 18.9 Å². The Morgan fingerprint density at radius 2 is 1.86 bits per heavy atom. The summed E-state index contributed by atoms with van der Waals surface area (Å²) in [5, 5.41) is 11.8. The summed E-state index contributed by atoms with van der Waals surface area (Å²) in [6, 6.07) is 5.51. The van der Waals surface area contributed by atoms with Gasteiger partial charge in [-0.25, -0.2) is 0 Å². The summed E-state index contributed by atoms with van der Waals surface area (Å²) in [6.45, 7) is 4.37. The molecular formula is C16H19F3N2. The number of nitriles is 1. The van der Waals surface area contributed by atoms with Crippen molar-refractivity contribution in [3.05, 3.63) is 29.3 Å². The van der Waals surface area contributed by atoms with Gasteiger partial charge >= 0.3 is 6.18 Å². The highest BCUT2D eigenvalue weighted by atomic mass is 19.4. The lowest BCUT2D eigenvalue weighted by Crippen LogP contribution is -2.30. The summed E-state index contributed by atoms with van der Waals surface area (Å²) in [7, 11) is 0. The average molecular weight is 296 g/mol. The first-order valence-electron chi connectivity index (χ1n) is 7.09. The molecule has 0 atom stereocenters. The molecule has 114 valence electrons. The number of hydrogen-bond acceptors (Lipinski definition) is 2. The fourth-order valence-corrected chi connectivity index (χ4v) is 2.74. The smallest absolute Gasteiger partial charge is 0.382 e. The minimum Gasteiger partial charge on any atom is -0.382 e. The van der Waals surface area contributed by atoms with Gasteiger partial charge in [-0.1, -0.05) is 13.8 Å². The van der Waals surface area contributed by atoms with Gasteiger partial charge in [-0.2, -0.15) is 18.4 Å². The van der Waals surface area contributed by atoms with Gasteiger partial charge in [0.2, 0.25) is 0 Å². The maximum Gasteiger partial charge on any atom is 0.418 e. The van der Waals surface area contributed by atoms with Crippen molar-refractivity contribution >= 4 is 5.69 Å². The Hall–Kier alpha value is -1.70. The second-order valence-corrected chi connectivity index (χ2v) is 6.45. The first-order chi connectivity index (χ1) is 9.71. The van der Waals surface area contributed by atoms with E-state index in [9.17, 15) is 13.2 Å². The van der Waals surface area contributed by atoms with Crippen LogP contribution in [0.1, 0.15) is 50.7 Å². The molecule has 1 N–H and O–H groups in total. The minimum atomic E-state index is -4.46. The van der Waals surface area contributed by atoms with Crippen molar-refractivity contribution in [3.63, 3.8) is 0 Å². The lowest BCUT2D eigenvalue weighted by atomic mass is 9.75. The van der Waals surface area contributed by atoms with Gasteiger partial charge in [0, 0.05) is 11.7 Å². The maximum absolute atomic E-state index is 13.1. The minimum absolute atomic E-state index is 0.0256. The molecule has 0 spiro atoms. The summed E-state index contributed by atoms with van der Waals surface area (Å²) in [6.07, 6.45) is -0.720. The van der Waals surface area contributed by atoms with E-state index < -0.39 is 11.7 Å². The van der Waals surface area contributed by atoms with E-state index in [1.807, 2.05) is 0 Å². The highest BCUT2D eigenvalue weighted by Crippen LogP contribution is 2.39. The molecule has 1 aliphatic carbocycles. The zero-order valence-corrected chi connectivity index (χ0v) is 12.2. The molecule has 21 heavy (non-hydrogen) atoms. The van der Waals surface area contributed by atoms with Crippen molar-refractivity contribution < 1.29 is 13.2 Å². The van der Waals surface area contributed by atoms with Crippen LogP contribution in [0.2, 0.25) is 0 Å². The number of nitrogens with zero attached hydrogens (tertiary/aromatic N) is 1. The Labute approximate surface area is 123 Å². The number of nitrogens with one attached hydrogen (secondary N) is 1. The van der Waals surface area contributed by atoms with Crippen molar-refractivity contribution in [2.24, 2.45) is 5.41 Å². The quantitative estimate of drug-likeness (QED) is 0.837. The van der Waals surface area contributed by atoms with E-state index >= 15 is 0 Å². The molecule has 0 aliphatic heterocycles. The molecule has 0 saturated heterocycles. The summed E-state index contributed by atoms with van der Waals surface area (Å²) in [5.41, 5.74) is -0.384. The number of benzene rings is 1. The van der Waals surface area contributed by atoms with E-state index in [1.165, 1.54) is 12.1 Å². The van der Waals surface area contributed by atoms with Crippen LogP contribution in [0, 0.1) is 16.7 Å². The maximum atomic E-state index is 13.1. The zero-order valence-electron chi connectivity index (χ0n) is 12.2. The monoisotopic (exact) mass is 296 g/mol. The third-order valence-corrected chi connectivity index (χ3v) is 4.15. The SMILES string of the molecule is CC1(C)CCC(Nc2ccc(C#N)cc2C(F)(F)F)CC1. The van der Waals surface area contributed by atoms with Gasteiger partial charge in [0.05, 0.1) is 17.2 Å². The molecule has 1 aliphatic rings. The summed E-state index contributed by atoms with van der Waals surface area (Å²) < 4.78 is 39.3. The molecule has 0 bridgehead atoms. The second kappa shape index (κ2) is 5.59. The number of anilines is 1. The van der Waals surface area contributed by atoms with Gasteiger partial charge in [0.25, 0.3) is 0 Å². The van der Waals surface area contributed by atoms with Crippen LogP contribution in [-0.4, -0.2) is 6.04 Å².